The number of pyridine rings is 1. The first-order chi connectivity index (χ1) is 11.2. The van der Waals surface area contributed by atoms with Gasteiger partial charge in [-0.3, -0.25) is 0 Å². The Morgan fingerprint density at radius 3 is 2.78 bits per heavy atom. The van der Waals surface area contributed by atoms with Crippen molar-refractivity contribution < 1.29 is 14.3 Å². The van der Waals surface area contributed by atoms with Crippen molar-refractivity contribution in [2.75, 3.05) is 11.9 Å². The summed E-state index contributed by atoms with van der Waals surface area (Å²) in [6.07, 6.45) is 3.10. The molecular formula is C17H14N2O3Se. The topological polar surface area (TPSA) is 68.3 Å². The van der Waals surface area contributed by atoms with E-state index in [4.69, 9.17) is 4.74 Å². The van der Waals surface area contributed by atoms with Gasteiger partial charge >= 0.3 is 139 Å². The average molecular weight is 373 g/mol. The fraction of sp³-hybridized carbons (Fsp3) is 0.118. The van der Waals surface area contributed by atoms with Gasteiger partial charge in [0.2, 0.25) is 0 Å². The number of aromatic nitrogens is 1. The van der Waals surface area contributed by atoms with Gasteiger partial charge in [-0.2, -0.15) is 0 Å². The fourth-order valence-corrected chi connectivity index (χ4v) is 4.40. The summed E-state index contributed by atoms with van der Waals surface area (Å²) in [4.78, 5) is 28.6. The summed E-state index contributed by atoms with van der Waals surface area (Å²) in [7, 11) is 0. The van der Waals surface area contributed by atoms with Crippen molar-refractivity contribution in [2.45, 2.75) is 6.92 Å². The van der Waals surface area contributed by atoms with E-state index in [0.29, 0.717) is 22.3 Å². The predicted octanol–water partition coefficient (Wildman–Crippen LogP) is 2.72. The Morgan fingerprint density at radius 2 is 2.04 bits per heavy atom. The van der Waals surface area contributed by atoms with Crippen LogP contribution in [0.5, 0.6) is 0 Å². The Balaban J connectivity index is 2.02. The van der Waals surface area contributed by atoms with Crippen molar-refractivity contribution in [2.24, 2.45) is 0 Å². The SMILES string of the molecule is CCOC(=O)c1[se]c2ccccc2c1NC(=O)c1cccnc1. The van der Waals surface area contributed by atoms with E-state index in [9.17, 15) is 9.59 Å². The standard InChI is InChI=1S/C17H14N2O3Se/c1-2-22-17(21)15-14(12-7-3-4-8-13(12)23-15)19-16(20)11-6-5-9-18-10-11/h3-10H,2H2,1H3,(H,19,20). The number of rotatable bonds is 4. The zero-order valence-corrected chi connectivity index (χ0v) is 14.1. The van der Waals surface area contributed by atoms with Crippen molar-refractivity contribution in [3.8, 4) is 0 Å². The average Bonchev–Trinajstić information content (AvgIpc) is 2.95. The molecule has 0 atom stereocenters. The fourth-order valence-electron chi connectivity index (χ4n) is 2.19. The third-order valence-corrected chi connectivity index (χ3v) is 5.63. The molecule has 1 amide bonds. The normalized spacial score (nSPS) is 10.5. The molecule has 0 aliphatic heterocycles. The minimum atomic E-state index is -0.370. The van der Waals surface area contributed by atoms with Gasteiger partial charge in [-0.05, 0) is 0 Å². The number of hydrogen-bond acceptors (Lipinski definition) is 4. The molecule has 0 fully saturated rings. The molecule has 0 saturated carbocycles. The third-order valence-electron chi connectivity index (χ3n) is 3.22. The Kier molecular flexibility index (Phi) is 4.55. The second-order valence-electron chi connectivity index (χ2n) is 4.72. The van der Waals surface area contributed by atoms with Crippen LogP contribution in [0.1, 0.15) is 26.5 Å². The molecule has 0 aliphatic carbocycles. The molecule has 0 spiro atoms. The van der Waals surface area contributed by atoms with Gasteiger partial charge in [0.1, 0.15) is 0 Å². The number of benzene rings is 1. The molecule has 0 aliphatic rings. The number of ether oxygens (including phenoxy) is 1. The second kappa shape index (κ2) is 6.77. The van der Waals surface area contributed by atoms with Gasteiger partial charge in [0.15, 0.2) is 0 Å². The third kappa shape index (κ3) is 3.18. The van der Waals surface area contributed by atoms with Gasteiger partial charge < -0.3 is 0 Å². The van der Waals surface area contributed by atoms with Gasteiger partial charge in [-0.25, -0.2) is 0 Å². The number of carbonyl (C=O) groups is 2. The summed E-state index contributed by atoms with van der Waals surface area (Å²) in [6.45, 7) is 2.07. The molecule has 2 aromatic heterocycles. The van der Waals surface area contributed by atoms with Gasteiger partial charge in [-0.15, -0.1) is 0 Å². The zero-order chi connectivity index (χ0) is 16.2. The molecule has 23 heavy (non-hydrogen) atoms. The van der Waals surface area contributed by atoms with Crippen LogP contribution in [0.15, 0.2) is 48.8 Å². The molecule has 1 N–H and O–H groups in total. The molecule has 1 aromatic carbocycles. The van der Waals surface area contributed by atoms with Gasteiger partial charge in [0.25, 0.3) is 0 Å². The maximum absolute atomic E-state index is 12.4. The zero-order valence-electron chi connectivity index (χ0n) is 12.4. The molecule has 3 aromatic rings. The van der Waals surface area contributed by atoms with E-state index >= 15 is 0 Å². The Hall–Kier alpha value is -2.43. The van der Waals surface area contributed by atoms with Crippen LogP contribution < -0.4 is 5.32 Å². The number of nitrogens with zero attached hydrogens (tertiary/aromatic N) is 1. The van der Waals surface area contributed by atoms with Crippen LogP contribution in [0, 0.1) is 0 Å². The monoisotopic (exact) mass is 374 g/mol. The van der Waals surface area contributed by atoms with Gasteiger partial charge in [-0.1, -0.05) is 0 Å². The van der Waals surface area contributed by atoms with E-state index in [0.717, 1.165) is 9.65 Å². The molecular weight excluding hydrogens is 359 g/mol. The van der Waals surface area contributed by atoms with E-state index in [1.54, 1.807) is 25.3 Å². The molecule has 5 nitrogen and oxygen atoms in total. The molecule has 0 unspecified atom stereocenters. The van der Waals surface area contributed by atoms with Crippen LogP contribution in [0.2, 0.25) is 0 Å². The van der Waals surface area contributed by atoms with Gasteiger partial charge in [0, 0.05) is 0 Å². The van der Waals surface area contributed by atoms with Crippen LogP contribution in [0.25, 0.3) is 9.65 Å². The molecule has 2 heterocycles. The van der Waals surface area contributed by atoms with Crippen molar-refractivity contribution in [1.82, 2.24) is 4.98 Å². The van der Waals surface area contributed by atoms with Crippen LogP contribution in [0.3, 0.4) is 0 Å². The van der Waals surface area contributed by atoms with Crippen LogP contribution >= 0.6 is 0 Å². The second-order valence-corrected chi connectivity index (χ2v) is 6.93. The van der Waals surface area contributed by atoms with E-state index in [2.05, 4.69) is 10.3 Å². The number of fused-ring (bicyclic) bond motifs is 1. The molecule has 116 valence electrons. The Labute approximate surface area is 139 Å². The Morgan fingerprint density at radius 1 is 1.22 bits per heavy atom. The quantitative estimate of drug-likeness (QED) is 0.564. The summed E-state index contributed by atoms with van der Waals surface area (Å²) < 4.78 is 6.73. The van der Waals surface area contributed by atoms with Crippen molar-refractivity contribution in [3.63, 3.8) is 0 Å². The van der Waals surface area contributed by atoms with Crippen LogP contribution in [0.4, 0.5) is 5.69 Å². The molecule has 0 bridgehead atoms. The van der Waals surface area contributed by atoms with E-state index in [1.807, 2.05) is 24.3 Å². The van der Waals surface area contributed by atoms with Crippen LogP contribution in [-0.2, 0) is 4.74 Å². The van der Waals surface area contributed by atoms with Gasteiger partial charge in [0.05, 0.1) is 0 Å². The van der Waals surface area contributed by atoms with Crippen molar-refractivity contribution >= 4 is 41.7 Å². The van der Waals surface area contributed by atoms with Crippen molar-refractivity contribution in [1.29, 1.82) is 0 Å². The first-order valence-corrected chi connectivity index (χ1v) is 8.82. The summed E-state index contributed by atoms with van der Waals surface area (Å²) in [5.74, 6) is -0.660. The number of esters is 1. The number of nitrogens with one attached hydrogen (secondary N) is 1. The summed E-state index contributed by atoms with van der Waals surface area (Å²) >= 11 is -0.180. The maximum atomic E-state index is 12.4. The van der Waals surface area contributed by atoms with Crippen LogP contribution in [-0.4, -0.2) is 38.0 Å². The molecule has 0 radical (unpaired) electrons. The number of hydrogen-bond donors (Lipinski definition) is 1. The number of anilines is 1. The molecule has 0 saturated heterocycles. The van der Waals surface area contributed by atoms with E-state index in [-0.39, 0.29) is 26.4 Å². The first kappa shape index (κ1) is 15.5. The molecule has 6 heteroatoms. The molecule has 3 rings (SSSR count). The minimum absolute atomic E-state index is 0.180. The number of amides is 1. The first-order valence-electron chi connectivity index (χ1n) is 7.10. The Bertz CT molecular complexity index is 859. The summed E-state index contributed by atoms with van der Waals surface area (Å²) in [5, 5.41) is 3.74. The predicted molar refractivity (Wildman–Crippen MR) is 89.0 cm³/mol. The van der Waals surface area contributed by atoms with Crippen molar-refractivity contribution in [3.05, 3.63) is 58.8 Å². The summed E-state index contributed by atoms with van der Waals surface area (Å²) in [5.41, 5.74) is 0.994. The van der Waals surface area contributed by atoms with E-state index in [1.165, 1.54) is 6.20 Å². The van der Waals surface area contributed by atoms with E-state index < -0.39 is 0 Å². The summed E-state index contributed by atoms with van der Waals surface area (Å²) in [6, 6.07) is 11.1. The number of carbonyl (C=O) groups excluding carboxylic acids is 2.